The fourth-order valence-electron chi connectivity index (χ4n) is 5.76. The van der Waals surface area contributed by atoms with Crippen LogP contribution in [-0.4, -0.2) is 54.5 Å². The number of benzene rings is 2. The Morgan fingerprint density at radius 1 is 0.703 bits per heavy atom. The Balaban J connectivity index is 1.65. The molecule has 3 aliphatic rings. The van der Waals surface area contributed by atoms with E-state index in [1.807, 2.05) is 41.5 Å². The van der Waals surface area contributed by atoms with E-state index in [9.17, 15) is 0 Å². The Morgan fingerprint density at radius 3 is 1.70 bits per heavy atom. The van der Waals surface area contributed by atoms with Crippen molar-refractivity contribution in [2.45, 2.75) is 59.8 Å². The van der Waals surface area contributed by atoms with E-state index in [0.29, 0.717) is 58.5 Å². The van der Waals surface area contributed by atoms with Gasteiger partial charge in [0.05, 0.1) is 18.9 Å². The zero-order valence-electron chi connectivity index (χ0n) is 21.7. The predicted molar refractivity (Wildman–Crippen MR) is 150 cm³/mol. The van der Waals surface area contributed by atoms with Crippen LogP contribution in [0.2, 0.25) is 20.1 Å². The van der Waals surface area contributed by atoms with Crippen molar-refractivity contribution in [3.05, 3.63) is 64.6 Å². The van der Waals surface area contributed by atoms with E-state index in [1.54, 1.807) is 0 Å². The van der Waals surface area contributed by atoms with E-state index in [-0.39, 0.29) is 0 Å². The Labute approximate surface area is 237 Å². The Morgan fingerprint density at radius 2 is 1.19 bits per heavy atom. The van der Waals surface area contributed by atoms with Crippen molar-refractivity contribution in [2.24, 2.45) is 10.3 Å². The minimum absolute atomic E-state index is 0.410. The quantitative estimate of drug-likeness (QED) is 0.386. The topological polar surface area (TPSA) is 55.7 Å². The van der Waals surface area contributed by atoms with Gasteiger partial charge in [-0.3, -0.25) is 4.90 Å². The van der Waals surface area contributed by atoms with Crippen LogP contribution in [0.1, 0.15) is 50.9 Å². The van der Waals surface area contributed by atoms with Crippen molar-refractivity contribution in [1.82, 2.24) is 4.90 Å². The van der Waals surface area contributed by atoms with Crippen LogP contribution in [0, 0.1) is 41.5 Å². The molecule has 0 aromatic heterocycles. The van der Waals surface area contributed by atoms with Gasteiger partial charge in [-0.05, 0) is 74.9 Å². The summed E-state index contributed by atoms with van der Waals surface area (Å²) < 4.78 is 5.60. The summed E-state index contributed by atoms with van der Waals surface area (Å²) in [6.07, 6.45) is -0.102. The van der Waals surface area contributed by atoms with Gasteiger partial charge in [0.15, 0.2) is 0 Å². The first-order chi connectivity index (χ1) is 17.5. The SMILES string of the molecule is Cc1c(Cl)c(C)c(C2=NOC3(C2)C(c2c(C)c(Cl)c(C)c(Cl)c2C)=NOC3N2CCOCC2)c(C)c1Cl. The fourth-order valence-corrected chi connectivity index (χ4v) is 6.62. The van der Waals surface area contributed by atoms with Crippen LogP contribution in [0.5, 0.6) is 0 Å². The van der Waals surface area contributed by atoms with Gasteiger partial charge in [0.2, 0.25) is 11.8 Å². The molecule has 1 spiro atoms. The molecule has 0 aliphatic carbocycles. The number of ether oxygens (including phenoxy) is 1. The van der Waals surface area contributed by atoms with Gasteiger partial charge in [0.25, 0.3) is 0 Å². The fraction of sp³-hybridized carbons (Fsp3) is 0.481. The van der Waals surface area contributed by atoms with Gasteiger partial charge in [-0.25, -0.2) is 0 Å². The van der Waals surface area contributed by atoms with Crippen molar-refractivity contribution < 1.29 is 14.4 Å². The zero-order valence-corrected chi connectivity index (χ0v) is 24.7. The van der Waals surface area contributed by atoms with Crippen molar-refractivity contribution in [3.63, 3.8) is 0 Å². The van der Waals surface area contributed by atoms with E-state index in [1.165, 1.54) is 0 Å². The highest BCUT2D eigenvalue weighted by molar-refractivity contribution is 6.39. The molecule has 0 N–H and O–H groups in total. The van der Waals surface area contributed by atoms with E-state index in [4.69, 9.17) is 60.8 Å². The molecule has 0 radical (unpaired) electrons. The van der Waals surface area contributed by atoms with Crippen molar-refractivity contribution in [3.8, 4) is 0 Å². The van der Waals surface area contributed by atoms with Gasteiger partial charge in [0.1, 0.15) is 5.71 Å². The maximum atomic E-state index is 6.73. The molecule has 2 unspecified atom stereocenters. The summed E-state index contributed by atoms with van der Waals surface area (Å²) in [6, 6.07) is 0. The van der Waals surface area contributed by atoms with Gasteiger partial charge >= 0.3 is 0 Å². The predicted octanol–water partition coefficient (Wildman–Crippen LogP) is 7.11. The van der Waals surface area contributed by atoms with Gasteiger partial charge in [-0.1, -0.05) is 56.7 Å². The smallest absolute Gasteiger partial charge is 0.241 e. The highest BCUT2D eigenvalue weighted by Crippen LogP contribution is 2.46. The number of halogens is 4. The van der Waals surface area contributed by atoms with Gasteiger partial charge in [-0.2, -0.15) is 0 Å². The largest absolute Gasteiger partial charge is 0.379 e. The molecule has 6 nitrogen and oxygen atoms in total. The normalized spacial score (nSPS) is 23.8. The number of hydrogen-bond donors (Lipinski definition) is 0. The van der Waals surface area contributed by atoms with Crippen LogP contribution >= 0.6 is 46.4 Å². The lowest BCUT2D eigenvalue weighted by Crippen LogP contribution is -2.58. The summed E-state index contributed by atoms with van der Waals surface area (Å²) >= 11 is 26.8. The lowest BCUT2D eigenvalue weighted by atomic mass is 9.80. The average Bonchev–Trinajstić information content (AvgIpc) is 3.49. The summed E-state index contributed by atoms with van der Waals surface area (Å²) in [7, 11) is 0. The van der Waals surface area contributed by atoms with Crippen molar-refractivity contribution in [2.75, 3.05) is 26.3 Å². The van der Waals surface area contributed by atoms with Crippen LogP contribution < -0.4 is 0 Å². The molecule has 2 aromatic rings. The third-order valence-electron chi connectivity index (χ3n) is 7.83. The Bertz CT molecular complexity index is 1310. The highest BCUT2D eigenvalue weighted by atomic mass is 35.5. The summed E-state index contributed by atoms with van der Waals surface area (Å²) in [5.41, 5.74) is 7.31. The number of oxime groups is 2. The lowest BCUT2D eigenvalue weighted by Gasteiger charge is -2.37. The lowest BCUT2D eigenvalue weighted by molar-refractivity contribution is -0.159. The number of morpholine rings is 1. The first-order valence-electron chi connectivity index (χ1n) is 12.2. The van der Waals surface area contributed by atoms with Crippen LogP contribution in [0.25, 0.3) is 0 Å². The summed E-state index contributed by atoms with van der Waals surface area (Å²) in [5, 5.41) is 11.7. The maximum absolute atomic E-state index is 6.73. The second kappa shape index (κ2) is 9.89. The molecule has 10 heteroatoms. The molecule has 3 heterocycles. The summed E-state index contributed by atoms with van der Waals surface area (Å²) in [5.74, 6) is 0. The third-order valence-corrected chi connectivity index (χ3v) is 10.1. The molecule has 1 fully saturated rings. The molecule has 2 atom stereocenters. The van der Waals surface area contributed by atoms with Crippen LogP contribution in [-0.2, 0) is 14.4 Å². The minimum Gasteiger partial charge on any atom is -0.379 e. The van der Waals surface area contributed by atoms with Crippen LogP contribution in [0.15, 0.2) is 10.3 Å². The molecule has 1 saturated heterocycles. The Hall–Kier alpha value is -1.54. The molecule has 3 aliphatic heterocycles. The zero-order chi connectivity index (χ0) is 26.8. The molecular formula is C27H29Cl4N3O3. The van der Waals surface area contributed by atoms with Gasteiger partial charge in [0, 0.05) is 50.7 Å². The summed E-state index contributed by atoms with van der Waals surface area (Å²) in [6.45, 7) is 14.3. The molecule has 0 amide bonds. The van der Waals surface area contributed by atoms with Crippen LogP contribution in [0.4, 0.5) is 0 Å². The molecule has 2 aromatic carbocycles. The molecule has 37 heavy (non-hydrogen) atoms. The molecule has 0 saturated carbocycles. The van der Waals surface area contributed by atoms with Crippen LogP contribution in [0.3, 0.4) is 0 Å². The second-order valence-electron chi connectivity index (χ2n) is 10.00. The number of nitrogens with zero attached hydrogens (tertiary/aromatic N) is 3. The second-order valence-corrected chi connectivity index (χ2v) is 11.5. The van der Waals surface area contributed by atoms with Gasteiger partial charge in [-0.15, -0.1) is 0 Å². The standard InChI is InChI=1S/C27H29Cl4N3O3/c1-12-19(13(2)22(29)16(5)21(12)28)18-11-27(37-32-18)25(33-36-26(27)34-7-9-35-10-8-34)20-14(3)23(30)17(6)24(31)15(20)4/h26H,7-11H2,1-6H3. The Kier molecular flexibility index (Phi) is 7.23. The van der Waals surface area contributed by atoms with Crippen molar-refractivity contribution >= 4 is 57.8 Å². The molecular weight excluding hydrogens is 556 g/mol. The molecule has 198 valence electrons. The van der Waals surface area contributed by atoms with E-state index in [2.05, 4.69) is 15.2 Å². The van der Waals surface area contributed by atoms with E-state index in [0.717, 1.165) is 50.2 Å². The number of hydrogen-bond acceptors (Lipinski definition) is 6. The average molecular weight is 585 g/mol. The number of rotatable bonds is 3. The first-order valence-corrected chi connectivity index (χ1v) is 13.7. The first kappa shape index (κ1) is 27.0. The maximum Gasteiger partial charge on any atom is 0.241 e. The molecule has 5 rings (SSSR count). The molecule has 0 bridgehead atoms. The van der Waals surface area contributed by atoms with Crippen molar-refractivity contribution in [1.29, 1.82) is 0 Å². The van der Waals surface area contributed by atoms with Gasteiger partial charge < -0.3 is 14.4 Å². The minimum atomic E-state index is -1.02. The van der Waals surface area contributed by atoms with E-state index < -0.39 is 11.8 Å². The van der Waals surface area contributed by atoms with E-state index >= 15 is 0 Å². The third kappa shape index (κ3) is 4.07. The summed E-state index contributed by atoms with van der Waals surface area (Å²) in [4.78, 5) is 14.8. The highest BCUT2D eigenvalue weighted by Gasteiger charge is 2.60. The monoisotopic (exact) mass is 583 g/mol.